The monoisotopic (exact) mass is 311 g/mol. The lowest BCUT2D eigenvalue weighted by Crippen LogP contribution is -2.14. The number of rotatable bonds is 4. The van der Waals surface area contributed by atoms with Crippen LogP contribution >= 0.6 is 0 Å². The number of nitrogens with one attached hydrogen (secondary N) is 1. The third kappa shape index (κ3) is 3.79. The standard InChI is InChI=1S/C17H14FN3O2/c1-11-20-21-17(23-11)13-5-7-15(8-6-13)19-16(22)10-12-3-2-4-14(18)9-12/h2-9H,10H2,1H3,(H,19,22). The molecule has 0 saturated heterocycles. The second-order valence-electron chi connectivity index (χ2n) is 5.06. The minimum atomic E-state index is -0.352. The van der Waals surface area contributed by atoms with E-state index in [1.807, 2.05) is 0 Å². The van der Waals surface area contributed by atoms with Crippen LogP contribution < -0.4 is 5.32 Å². The Kier molecular flexibility index (Phi) is 4.14. The van der Waals surface area contributed by atoms with Crippen LogP contribution in [-0.2, 0) is 11.2 Å². The van der Waals surface area contributed by atoms with E-state index in [1.54, 1.807) is 43.3 Å². The largest absolute Gasteiger partial charge is 0.421 e. The van der Waals surface area contributed by atoms with Gasteiger partial charge < -0.3 is 9.73 Å². The fraction of sp³-hybridized carbons (Fsp3) is 0.118. The Morgan fingerprint density at radius 3 is 2.61 bits per heavy atom. The van der Waals surface area contributed by atoms with Crippen LogP contribution in [0.2, 0.25) is 0 Å². The van der Waals surface area contributed by atoms with Crippen LogP contribution in [0.25, 0.3) is 11.5 Å². The molecule has 5 nitrogen and oxygen atoms in total. The molecule has 116 valence electrons. The molecule has 3 aromatic rings. The van der Waals surface area contributed by atoms with Gasteiger partial charge in [-0.2, -0.15) is 0 Å². The van der Waals surface area contributed by atoms with Gasteiger partial charge >= 0.3 is 0 Å². The fourth-order valence-electron chi connectivity index (χ4n) is 2.15. The van der Waals surface area contributed by atoms with Gasteiger partial charge in [0.1, 0.15) is 5.82 Å². The SMILES string of the molecule is Cc1nnc(-c2ccc(NC(=O)Cc3cccc(F)c3)cc2)o1. The van der Waals surface area contributed by atoms with Gasteiger partial charge in [0.25, 0.3) is 0 Å². The van der Waals surface area contributed by atoms with Crippen LogP contribution in [0.4, 0.5) is 10.1 Å². The summed E-state index contributed by atoms with van der Waals surface area (Å²) in [4.78, 5) is 12.0. The van der Waals surface area contributed by atoms with Crippen molar-refractivity contribution >= 4 is 11.6 Å². The molecule has 3 rings (SSSR count). The van der Waals surface area contributed by atoms with E-state index < -0.39 is 0 Å². The molecular formula is C17H14FN3O2. The Labute approximate surface area is 132 Å². The van der Waals surface area contributed by atoms with E-state index >= 15 is 0 Å². The van der Waals surface area contributed by atoms with Crippen LogP contribution in [0, 0.1) is 12.7 Å². The summed E-state index contributed by atoms with van der Waals surface area (Å²) in [7, 11) is 0. The minimum absolute atomic E-state index is 0.113. The topological polar surface area (TPSA) is 68.0 Å². The second-order valence-corrected chi connectivity index (χ2v) is 5.06. The molecule has 1 amide bonds. The van der Waals surface area contributed by atoms with Gasteiger partial charge in [-0.25, -0.2) is 4.39 Å². The molecule has 0 aliphatic rings. The first-order valence-corrected chi connectivity index (χ1v) is 7.05. The smallest absolute Gasteiger partial charge is 0.247 e. The molecule has 1 heterocycles. The molecule has 0 unspecified atom stereocenters. The van der Waals surface area contributed by atoms with Crippen molar-refractivity contribution in [1.82, 2.24) is 10.2 Å². The number of aryl methyl sites for hydroxylation is 1. The summed E-state index contributed by atoms with van der Waals surface area (Å²) in [6.45, 7) is 1.72. The molecule has 0 aliphatic heterocycles. The van der Waals surface area contributed by atoms with Crippen molar-refractivity contribution in [3.05, 3.63) is 65.8 Å². The molecule has 1 N–H and O–H groups in total. The summed E-state index contributed by atoms with van der Waals surface area (Å²) in [6, 6.07) is 13.1. The molecule has 0 radical (unpaired) electrons. The Bertz CT molecular complexity index is 828. The van der Waals surface area contributed by atoms with E-state index in [9.17, 15) is 9.18 Å². The fourth-order valence-corrected chi connectivity index (χ4v) is 2.15. The zero-order valence-electron chi connectivity index (χ0n) is 12.4. The van der Waals surface area contributed by atoms with Gasteiger partial charge in [-0.05, 0) is 42.0 Å². The van der Waals surface area contributed by atoms with Gasteiger partial charge in [-0.3, -0.25) is 4.79 Å². The number of hydrogen-bond donors (Lipinski definition) is 1. The first kappa shape index (κ1) is 14.9. The van der Waals surface area contributed by atoms with Crippen molar-refractivity contribution in [3.63, 3.8) is 0 Å². The highest BCUT2D eigenvalue weighted by Gasteiger charge is 2.08. The number of carbonyl (C=O) groups is 1. The lowest BCUT2D eigenvalue weighted by Gasteiger charge is -2.06. The third-order valence-corrected chi connectivity index (χ3v) is 3.20. The number of carbonyl (C=O) groups excluding carboxylic acids is 1. The molecule has 2 aromatic carbocycles. The second kappa shape index (κ2) is 6.39. The number of benzene rings is 2. The highest BCUT2D eigenvalue weighted by Crippen LogP contribution is 2.20. The lowest BCUT2D eigenvalue weighted by molar-refractivity contribution is -0.115. The first-order valence-electron chi connectivity index (χ1n) is 7.05. The number of amides is 1. The molecule has 0 bridgehead atoms. The zero-order valence-corrected chi connectivity index (χ0v) is 12.4. The predicted octanol–water partition coefficient (Wildman–Crippen LogP) is 3.37. The van der Waals surface area contributed by atoms with Crippen molar-refractivity contribution in [2.24, 2.45) is 0 Å². The molecule has 1 aromatic heterocycles. The Hall–Kier alpha value is -3.02. The van der Waals surface area contributed by atoms with Gasteiger partial charge in [0.05, 0.1) is 6.42 Å². The number of halogens is 1. The van der Waals surface area contributed by atoms with Gasteiger partial charge in [0.15, 0.2) is 0 Å². The summed E-state index contributed by atoms with van der Waals surface area (Å²) in [5.41, 5.74) is 2.04. The van der Waals surface area contributed by atoms with Crippen molar-refractivity contribution in [1.29, 1.82) is 0 Å². The molecule has 0 aliphatic carbocycles. The van der Waals surface area contributed by atoms with Crippen LogP contribution in [0.5, 0.6) is 0 Å². The molecule has 23 heavy (non-hydrogen) atoms. The maximum absolute atomic E-state index is 13.1. The normalized spacial score (nSPS) is 10.5. The third-order valence-electron chi connectivity index (χ3n) is 3.20. The van der Waals surface area contributed by atoms with E-state index in [0.29, 0.717) is 23.0 Å². The van der Waals surface area contributed by atoms with Gasteiger partial charge in [-0.1, -0.05) is 12.1 Å². The maximum Gasteiger partial charge on any atom is 0.247 e. The van der Waals surface area contributed by atoms with Gasteiger partial charge in [0, 0.05) is 18.2 Å². The summed E-state index contributed by atoms with van der Waals surface area (Å²) in [5.74, 6) is 0.360. The number of anilines is 1. The number of aromatic nitrogens is 2. The molecule has 0 atom stereocenters. The zero-order chi connectivity index (χ0) is 16.2. The van der Waals surface area contributed by atoms with E-state index in [2.05, 4.69) is 15.5 Å². The van der Waals surface area contributed by atoms with Crippen LogP contribution in [0.3, 0.4) is 0 Å². The molecule has 0 spiro atoms. The van der Waals surface area contributed by atoms with Crippen molar-refractivity contribution < 1.29 is 13.6 Å². The van der Waals surface area contributed by atoms with E-state index in [0.717, 1.165) is 5.56 Å². The summed E-state index contributed by atoms with van der Waals surface area (Å²) < 4.78 is 18.4. The van der Waals surface area contributed by atoms with E-state index in [-0.39, 0.29) is 18.1 Å². The lowest BCUT2D eigenvalue weighted by atomic mass is 10.1. The Balaban J connectivity index is 1.65. The van der Waals surface area contributed by atoms with Gasteiger partial charge in [-0.15, -0.1) is 10.2 Å². The van der Waals surface area contributed by atoms with Crippen LogP contribution in [0.1, 0.15) is 11.5 Å². The summed E-state index contributed by atoms with van der Waals surface area (Å²) >= 11 is 0. The highest BCUT2D eigenvalue weighted by molar-refractivity contribution is 5.92. The highest BCUT2D eigenvalue weighted by atomic mass is 19.1. The number of hydrogen-bond acceptors (Lipinski definition) is 4. The van der Waals surface area contributed by atoms with Crippen molar-refractivity contribution in [3.8, 4) is 11.5 Å². The van der Waals surface area contributed by atoms with E-state index in [1.165, 1.54) is 12.1 Å². The summed E-state index contributed by atoms with van der Waals surface area (Å²) in [5, 5.41) is 10.5. The maximum atomic E-state index is 13.1. The van der Waals surface area contributed by atoms with Crippen molar-refractivity contribution in [2.45, 2.75) is 13.3 Å². The molecular weight excluding hydrogens is 297 g/mol. The Morgan fingerprint density at radius 1 is 1.17 bits per heavy atom. The van der Waals surface area contributed by atoms with Crippen LogP contribution in [0.15, 0.2) is 52.9 Å². The average Bonchev–Trinajstić information content (AvgIpc) is 2.94. The quantitative estimate of drug-likeness (QED) is 0.802. The van der Waals surface area contributed by atoms with Gasteiger partial charge in [0.2, 0.25) is 17.7 Å². The van der Waals surface area contributed by atoms with Crippen molar-refractivity contribution in [2.75, 3.05) is 5.32 Å². The Morgan fingerprint density at radius 2 is 1.96 bits per heavy atom. The first-order chi connectivity index (χ1) is 11.1. The van der Waals surface area contributed by atoms with Crippen LogP contribution in [-0.4, -0.2) is 16.1 Å². The van der Waals surface area contributed by atoms with E-state index in [4.69, 9.17) is 4.42 Å². The molecule has 6 heteroatoms. The number of nitrogens with zero attached hydrogens (tertiary/aromatic N) is 2. The predicted molar refractivity (Wildman–Crippen MR) is 83.2 cm³/mol. The average molecular weight is 311 g/mol. The minimum Gasteiger partial charge on any atom is -0.421 e. The summed E-state index contributed by atoms with van der Waals surface area (Å²) in [6.07, 6.45) is 0.113. The molecule has 0 saturated carbocycles. The molecule has 0 fully saturated rings.